The van der Waals surface area contributed by atoms with Crippen LogP contribution in [0.5, 0.6) is 5.75 Å². The monoisotopic (exact) mass is 526 g/mol. The number of methoxy groups -OCH3 is 1. The highest BCUT2D eigenvalue weighted by Crippen LogP contribution is 2.39. The summed E-state index contributed by atoms with van der Waals surface area (Å²) in [5, 5.41) is 7.89. The average molecular weight is 528 g/mol. The van der Waals surface area contributed by atoms with Crippen molar-refractivity contribution < 1.29 is 19.1 Å². The van der Waals surface area contributed by atoms with Crippen molar-refractivity contribution >= 4 is 63.0 Å². The van der Waals surface area contributed by atoms with Crippen LogP contribution in [0.1, 0.15) is 27.6 Å². The van der Waals surface area contributed by atoms with Gasteiger partial charge in [0.15, 0.2) is 0 Å². The van der Waals surface area contributed by atoms with E-state index in [0.717, 1.165) is 5.56 Å². The Hall–Kier alpha value is -2.45. The van der Waals surface area contributed by atoms with Crippen LogP contribution in [0.2, 0.25) is 0 Å². The Morgan fingerprint density at radius 2 is 1.73 bits per heavy atom. The van der Waals surface area contributed by atoms with Crippen LogP contribution in [-0.2, 0) is 4.74 Å². The summed E-state index contributed by atoms with van der Waals surface area (Å²) >= 11 is 19.7. The molecule has 1 aromatic heterocycles. The number of thiophene rings is 1. The Labute approximate surface area is 210 Å². The fourth-order valence-electron chi connectivity index (χ4n) is 2.99. The van der Waals surface area contributed by atoms with Gasteiger partial charge in [0.25, 0.3) is 5.91 Å². The Morgan fingerprint density at radius 3 is 2.30 bits per heavy atom. The quantitative estimate of drug-likeness (QED) is 0.209. The van der Waals surface area contributed by atoms with Crippen LogP contribution in [0.25, 0.3) is 11.1 Å². The number of ether oxygens (including phenoxy) is 2. The number of halogens is 3. The number of nitrogens with one attached hydrogen (secondary N) is 2. The number of anilines is 1. The van der Waals surface area contributed by atoms with Gasteiger partial charge in [-0.05, 0) is 36.8 Å². The third kappa shape index (κ3) is 6.32. The summed E-state index contributed by atoms with van der Waals surface area (Å²) in [4.78, 5) is 25.6. The van der Waals surface area contributed by atoms with E-state index in [1.54, 1.807) is 31.2 Å². The normalized spacial score (nSPS) is 12.0. The first kappa shape index (κ1) is 25.2. The molecule has 1 amide bonds. The number of carbonyl (C=O) groups is 2. The van der Waals surface area contributed by atoms with Crippen molar-refractivity contribution in [3.8, 4) is 16.9 Å². The topological polar surface area (TPSA) is 76.7 Å². The van der Waals surface area contributed by atoms with Crippen LogP contribution >= 0.6 is 46.1 Å². The molecule has 6 nitrogen and oxygen atoms in total. The molecule has 2 aromatic carbocycles. The van der Waals surface area contributed by atoms with Gasteiger partial charge in [-0.15, -0.1) is 11.3 Å². The first-order chi connectivity index (χ1) is 15.7. The lowest BCUT2D eigenvalue weighted by Crippen LogP contribution is -2.49. The van der Waals surface area contributed by atoms with Gasteiger partial charge in [0.1, 0.15) is 22.5 Å². The predicted octanol–water partition coefficient (Wildman–Crippen LogP) is 6.14. The highest BCUT2D eigenvalue weighted by atomic mass is 35.6. The first-order valence-electron chi connectivity index (χ1n) is 9.86. The molecule has 10 heteroatoms. The van der Waals surface area contributed by atoms with E-state index in [0.29, 0.717) is 27.4 Å². The number of benzene rings is 2. The zero-order valence-corrected chi connectivity index (χ0v) is 20.8. The Balaban J connectivity index is 1.92. The van der Waals surface area contributed by atoms with Crippen LogP contribution in [0, 0.1) is 0 Å². The minimum atomic E-state index is -1.93. The number of esters is 1. The summed E-state index contributed by atoms with van der Waals surface area (Å²) < 4.78 is 8.44. The molecule has 3 rings (SSSR count). The zero-order valence-electron chi connectivity index (χ0n) is 17.7. The van der Waals surface area contributed by atoms with E-state index in [-0.39, 0.29) is 6.61 Å². The number of hydrogen-bond acceptors (Lipinski definition) is 6. The molecule has 0 aliphatic rings. The number of hydrogen-bond donors (Lipinski definition) is 2. The van der Waals surface area contributed by atoms with Gasteiger partial charge < -0.3 is 20.1 Å². The van der Waals surface area contributed by atoms with Crippen LogP contribution in [0.4, 0.5) is 5.00 Å². The molecule has 33 heavy (non-hydrogen) atoms. The molecule has 1 unspecified atom stereocenters. The van der Waals surface area contributed by atoms with Crippen molar-refractivity contribution in [2.75, 3.05) is 19.0 Å². The molecule has 2 N–H and O–H groups in total. The van der Waals surface area contributed by atoms with E-state index in [4.69, 9.17) is 44.3 Å². The third-order valence-electron chi connectivity index (χ3n) is 4.59. The minimum absolute atomic E-state index is 0.199. The highest BCUT2D eigenvalue weighted by molar-refractivity contribution is 7.15. The van der Waals surface area contributed by atoms with Crippen molar-refractivity contribution in [3.63, 3.8) is 0 Å². The van der Waals surface area contributed by atoms with Gasteiger partial charge >= 0.3 is 5.97 Å². The molecule has 0 spiro atoms. The minimum Gasteiger partial charge on any atom is -0.497 e. The van der Waals surface area contributed by atoms with Crippen molar-refractivity contribution in [3.05, 3.63) is 71.1 Å². The van der Waals surface area contributed by atoms with Crippen LogP contribution < -0.4 is 15.4 Å². The molecule has 1 atom stereocenters. The second kappa shape index (κ2) is 11.1. The van der Waals surface area contributed by atoms with Crippen LogP contribution in [-0.4, -0.2) is 35.6 Å². The van der Waals surface area contributed by atoms with Gasteiger partial charge in [-0.1, -0.05) is 65.1 Å². The Morgan fingerprint density at radius 1 is 1.06 bits per heavy atom. The van der Waals surface area contributed by atoms with Crippen molar-refractivity contribution in [1.82, 2.24) is 5.32 Å². The second-order valence-electron chi connectivity index (χ2n) is 6.76. The zero-order chi connectivity index (χ0) is 24.0. The van der Waals surface area contributed by atoms with Gasteiger partial charge in [-0.2, -0.15) is 0 Å². The standard InChI is InChI=1S/C23H21Cl3N2O4S/c1-3-32-21(30)18-17(14-7-5-4-6-8-14)13-33-20(18)28-22(23(24,25)26)27-19(29)15-9-11-16(31-2)12-10-15/h4-13,22,28H,3H2,1-2H3,(H,27,29). The second-order valence-corrected chi connectivity index (χ2v) is 10.0. The van der Waals surface area contributed by atoms with Crippen LogP contribution in [0.3, 0.4) is 0 Å². The molecule has 0 fully saturated rings. The molecule has 0 radical (unpaired) electrons. The van der Waals surface area contributed by atoms with E-state index in [9.17, 15) is 9.59 Å². The lowest BCUT2D eigenvalue weighted by atomic mass is 10.0. The molecule has 1 heterocycles. The van der Waals surface area contributed by atoms with Crippen LogP contribution in [0.15, 0.2) is 60.0 Å². The lowest BCUT2D eigenvalue weighted by Gasteiger charge is -2.27. The Bertz CT molecular complexity index is 1100. The van der Waals surface area contributed by atoms with E-state index < -0.39 is 21.8 Å². The third-order valence-corrected chi connectivity index (χ3v) is 6.15. The molecule has 0 aliphatic heterocycles. The summed E-state index contributed by atoms with van der Waals surface area (Å²) in [6.07, 6.45) is -1.15. The highest BCUT2D eigenvalue weighted by Gasteiger charge is 2.36. The molecule has 3 aromatic rings. The SMILES string of the molecule is CCOC(=O)c1c(-c2ccccc2)csc1NC(NC(=O)c1ccc(OC)cc1)C(Cl)(Cl)Cl. The number of carbonyl (C=O) groups excluding carboxylic acids is 2. The number of amides is 1. The molecular weight excluding hydrogens is 507 g/mol. The van der Waals surface area contributed by atoms with Crippen molar-refractivity contribution in [2.24, 2.45) is 0 Å². The van der Waals surface area contributed by atoms with Gasteiger partial charge in [0, 0.05) is 16.5 Å². The number of alkyl halides is 3. The fraction of sp³-hybridized carbons (Fsp3) is 0.217. The molecule has 0 saturated carbocycles. The van der Waals surface area contributed by atoms with E-state index >= 15 is 0 Å². The van der Waals surface area contributed by atoms with Gasteiger partial charge in [-0.25, -0.2) is 4.79 Å². The fourth-order valence-corrected chi connectivity index (χ4v) is 4.30. The number of rotatable bonds is 8. The predicted molar refractivity (Wildman–Crippen MR) is 134 cm³/mol. The average Bonchev–Trinajstić information content (AvgIpc) is 3.22. The molecule has 0 aliphatic carbocycles. The maximum Gasteiger partial charge on any atom is 0.341 e. The van der Waals surface area contributed by atoms with Crippen molar-refractivity contribution in [2.45, 2.75) is 16.9 Å². The maximum atomic E-state index is 12.8. The summed E-state index contributed by atoms with van der Waals surface area (Å²) in [6.45, 7) is 1.92. The summed E-state index contributed by atoms with van der Waals surface area (Å²) in [6, 6.07) is 15.9. The van der Waals surface area contributed by atoms with E-state index in [1.807, 2.05) is 35.7 Å². The molecule has 0 saturated heterocycles. The van der Waals surface area contributed by atoms with E-state index in [1.165, 1.54) is 18.4 Å². The summed E-state index contributed by atoms with van der Waals surface area (Å²) in [7, 11) is 1.53. The smallest absolute Gasteiger partial charge is 0.341 e. The lowest BCUT2D eigenvalue weighted by molar-refractivity contribution is 0.0529. The Kier molecular flexibility index (Phi) is 8.48. The van der Waals surface area contributed by atoms with Gasteiger partial charge in [0.2, 0.25) is 3.79 Å². The van der Waals surface area contributed by atoms with Crippen molar-refractivity contribution in [1.29, 1.82) is 0 Å². The molecule has 0 bridgehead atoms. The summed E-state index contributed by atoms with van der Waals surface area (Å²) in [5.41, 5.74) is 2.15. The molecule has 174 valence electrons. The molecular formula is C23H21Cl3N2O4S. The van der Waals surface area contributed by atoms with Gasteiger partial charge in [-0.3, -0.25) is 4.79 Å². The van der Waals surface area contributed by atoms with Gasteiger partial charge in [0.05, 0.1) is 13.7 Å². The summed E-state index contributed by atoms with van der Waals surface area (Å²) in [5.74, 6) is -0.391. The first-order valence-corrected chi connectivity index (χ1v) is 11.9. The maximum absolute atomic E-state index is 12.8. The van der Waals surface area contributed by atoms with E-state index in [2.05, 4.69) is 10.6 Å². The largest absolute Gasteiger partial charge is 0.497 e.